The van der Waals surface area contributed by atoms with E-state index in [-0.39, 0.29) is 17.3 Å². The van der Waals surface area contributed by atoms with Crippen LogP contribution >= 0.6 is 0 Å². The molecule has 2 aromatic rings. The number of ether oxygens (including phenoxy) is 3. The lowest BCUT2D eigenvalue weighted by Gasteiger charge is -2.19. The molecule has 0 fully saturated rings. The third kappa shape index (κ3) is 4.36. The second-order valence-electron chi connectivity index (χ2n) is 6.87. The zero-order chi connectivity index (χ0) is 20.2. The van der Waals surface area contributed by atoms with Crippen molar-refractivity contribution in [3.8, 4) is 17.2 Å². The minimum atomic E-state index is -0.601. The summed E-state index contributed by atoms with van der Waals surface area (Å²) in [6, 6.07) is 4.72. The molecule has 7 heteroatoms. The molecule has 0 bridgehead atoms. The maximum atomic E-state index is 13.1. The lowest BCUT2D eigenvalue weighted by atomic mass is 9.95. The molecule has 0 spiro atoms. The Bertz CT molecular complexity index is 831. The van der Waals surface area contributed by atoms with Crippen molar-refractivity contribution in [2.24, 2.45) is 5.41 Å². The maximum Gasteiger partial charge on any atom is 0.229 e. The predicted molar refractivity (Wildman–Crippen MR) is 102 cm³/mol. The summed E-state index contributed by atoms with van der Waals surface area (Å²) >= 11 is 0. The van der Waals surface area contributed by atoms with Gasteiger partial charge in [0.1, 0.15) is 0 Å². The number of pyridine rings is 1. The van der Waals surface area contributed by atoms with Crippen LogP contribution in [0.5, 0.6) is 17.2 Å². The van der Waals surface area contributed by atoms with Crippen molar-refractivity contribution < 1.29 is 23.8 Å². The summed E-state index contributed by atoms with van der Waals surface area (Å²) in [5.41, 5.74) is 0.382. The first-order valence-electron chi connectivity index (χ1n) is 8.33. The minimum Gasteiger partial charge on any atom is -0.493 e. The number of nitrogens with zero attached hydrogens (tertiary/aromatic N) is 1. The van der Waals surface area contributed by atoms with Crippen molar-refractivity contribution in [3.05, 3.63) is 41.7 Å². The molecule has 0 saturated heterocycles. The molecule has 1 N–H and O–H groups in total. The Morgan fingerprint density at radius 2 is 1.59 bits per heavy atom. The van der Waals surface area contributed by atoms with E-state index in [9.17, 15) is 9.59 Å². The summed E-state index contributed by atoms with van der Waals surface area (Å²) in [5, 5.41) is 2.79. The van der Waals surface area contributed by atoms with Gasteiger partial charge in [-0.25, -0.2) is 0 Å². The van der Waals surface area contributed by atoms with E-state index in [0.717, 1.165) is 0 Å². The molecule has 27 heavy (non-hydrogen) atoms. The van der Waals surface area contributed by atoms with E-state index in [1.807, 2.05) is 0 Å². The summed E-state index contributed by atoms with van der Waals surface area (Å²) < 4.78 is 15.9. The van der Waals surface area contributed by atoms with Gasteiger partial charge in [-0.2, -0.15) is 0 Å². The van der Waals surface area contributed by atoms with Gasteiger partial charge < -0.3 is 19.5 Å². The summed E-state index contributed by atoms with van der Waals surface area (Å²) in [6.07, 6.45) is 2.94. The number of rotatable bonds is 6. The van der Waals surface area contributed by atoms with Gasteiger partial charge in [0.25, 0.3) is 0 Å². The van der Waals surface area contributed by atoms with Crippen LogP contribution in [0.4, 0.5) is 5.69 Å². The molecule has 1 aromatic carbocycles. The summed E-state index contributed by atoms with van der Waals surface area (Å²) in [6.45, 7) is 5.39. The molecule has 0 radical (unpaired) electrons. The Hall–Kier alpha value is -3.09. The summed E-state index contributed by atoms with van der Waals surface area (Å²) in [7, 11) is 4.44. The molecule has 2 rings (SSSR count). The van der Waals surface area contributed by atoms with Crippen molar-refractivity contribution in [2.45, 2.75) is 20.8 Å². The first-order valence-corrected chi connectivity index (χ1v) is 8.33. The Morgan fingerprint density at radius 1 is 1.00 bits per heavy atom. The number of hydrogen-bond acceptors (Lipinski definition) is 6. The van der Waals surface area contributed by atoms with E-state index in [4.69, 9.17) is 14.2 Å². The smallest absolute Gasteiger partial charge is 0.229 e. The molecule has 0 aliphatic rings. The number of anilines is 1. The second-order valence-corrected chi connectivity index (χ2v) is 6.87. The van der Waals surface area contributed by atoms with E-state index in [1.165, 1.54) is 33.7 Å². The largest absolute Gasteiger partial charge is 0.493 e. The SMILES string of the molecule is COc1cc(C(=O)c2cnccc2NC(=O)C(C)(C)C)cc(OC)c1OC. The number of amides is 1. The molecule has 1 heterocycles. The van der Waals surface area contributed by atoms with Gasteiger partial charge in [0.05, 0.1) is 32.6 Å². The zero-order valence-electron chi connectivity index (χ0n) is 16.4. The normalized spacial score (nSPS) is 10.9. The van der Waals surface area contributed by atoms with Gasteiger partial charge in [-0.3, -0.25) is 14.6 Å². The van der Waals surface area contributed by atoms with E-state index >= 15 is 0 Å². The van der Waals surface area contributed by atoms with Crippen LogP contribution in [-0.4, -0.2) is 38.0 Å². The van der Waals surface area contributed by atoms with Crippen molar-refractivity contribution in [1.82, 2.24) is 4.98 Å². The van der Waals surface area contributed by atoms with Crippen molar-refractivity contribution in [3.63, 3.8) is 0 Å². The van der Waals surface area contributed by atoms with Crippen molar-refractivity contribution in [2.75, 3.05) is 26.6 Å². The monoisotopic (exact) mass is 372 g/mol. The highest BCUT2D eigenvalue weighted by atomic mass is 16.5. The molecule has 0 aliphatic heterocycles. The van der Waals surface area contributed by atoms with Crippen LogP contribution in [0.2, 0.25) is 0 Å². The fourth-order valence-electron chi connectivity index (χ4n) is 2.36. The Labute approximate surface area is 158 Å². The average Bonchev–Trinajstić information content (AvgIpc) is 2.65. The fraction of sp³-hybridized carbons (Fsp3) is 0.350. The van der Waals surface area contributed by atoms with E-state index in [2.05, 4.69) is 10.3 Å². The molecule has 0 atom stereocenters. The van der Waals surface area contributed by atoms with E-state index < -0.39 is 5.41 Å². The van der Waals surface area contributed by atoms with Crippen LogP contribution in [0.1, 0.15) is 36.7 Å². The van der Waals surface area contributed by atoms with Crippen molar-refractivity contribution in [1.29, 1.82) is 0 Å². The zero-order valence-corrected chi connectivity index (χ0v) is 16.4. The number of benzene rings is 1. The highest BCUT2D eigenvalue weighted by Gasteiger charge is 2.24. The van der Waals surface area contributed by atoms with Gasteiger partial charge in [0.15, 0.2) is 17.3 Å². The van der Waals surface area contributed by atoms with Gasteiger partial charge in [-0.1, -0.05) is 20.8 Å². The van der Waals surface area contributed by atoms with Crippen LogP contribution in [0.15, 0.2) is 30.6 Å². The molecule has 0 unspecified atom stereocenters. The Kier molecular flexibility index (Phi) is 6.05. The Balaban J connectivity index is 2.49. The van der Waals surface area contributed by atoms with Crippen LogP contribution in [0.3, 0.4) is 0 Å². The van der Waals surface area contributed by atoms with Crippen molar-refractivity contribution >= 4 is 17.4 Å². The highest BCUT2D eigenvalue weighted by Crippen LogP contribution is 2.39. The van der Waals surface area contributed by atoms with E-state index in [0.29, 0.717) is 28.5 Å². The average molecular weight is 372 g/mol. The molecule has 1 aromatic heterocycles. The molecule has 7 nitrogen and oxygen atoms in total. The van der Waals surface area contributed by atoms with Gasteiger partial charge in [-0.15, -0.1) is 0 Å². The predicted octanol–water partition coefficient (Wildman–Crippen LogP) is 3.32. The van der Waals surface area contributed by atoms with Gasteiger partial charge in [0.2, 0.25) is 11.7 Å². The molecule has 0 aliphatic carbocycles. The second kappa shape index (κ2) is 8.07. The number of carbonyl (C=O) groups is 2. The molecule has 1 amide bonds. The Morgan fingerprint density at radius 3 is 2.07 bits per heavy atom. The lowest BCUT2D eigenvalue weighted by molar-refractivity contribution is -0.123. The quantitative estimate of drug-likeness (QED) is 0.783. The molecular weight excluding hydrogens is 348 g/mol. The molecular formula is C20H24N2O5. The first kappa shape index (κ1) is 20.2. The number of carbonyl (C=O) groups excluding carboxylic acids is 2. The topological polar surface area (TPSA) is 86.8 Å². The molecule has 0 saturated carbocycles. The highest BCUT2D eigenvalue weighted by molar-refractivity contribution is 6.14. The van der Waals surface area contributed by atoms with Crippen LogP contribution in [-0.2, 0) is 4.79 Å². The number of ketones is 1. The van der Waals surface area contributed by atoms with Gasteiger partial charge in [-0.05, 0) is 18.2 Å². The minimum absolute atomic E-state index is 0.201. The van der Waals surface area contributed by atoms with Gasteiger partial charge >= 0.3 is 0 Å². The number of methoxy groups -OCH3 is 3. The van der Waals surface area contributed by atoms with Crippen LogP contribution in [0.25, 0.3) is 0 Å². The van der Waals surface area contributed by atoms with E-state index in [1.54, 1.807) is 39.0 Å². The molecule has 144 valence electrons. The van der Waals surface area contributed by atoms with Crippen LogP contribution in [0, 0.1) is 5.41 Å². The number of nitrogens with one attached hydrogen (secondary N) is 1. The van der Waals surface area contributed by atoms with Crippen LogP contribution < -0.4 is 19.5 Å². The fourth-order valence-corrected chi connectivity index (χ4v) is 2.36. The van der Waals surface area contributed by atoms with Gasteiger partial charge in [0, 0.05) is 23.4 Å². The number of hydrogen-bond donors (Lipinski definition) is 1. The summed E-state index contributed by atoms with van der Waals surface area (Å²) in [5.74, 6) is 0.594. The third-order valence-electron chi connectivity index (χ3n) is 3.92. The maximum absolute atomic E-state index is 13.1. The first-order chi connectivity index (χ1) is 12.7. The number of aromatic nitrogens is 1. The summed E-state index contributed by atoms with van der Waals surface area (Å²) in [4.78, 5) is 29.4. The third-order valence-corrected chi connectivity index (χ3v) is 3.92. The standard InChI is InChI=1S/C20H24N2O5/c1-20(2,3)19(24)22-14-7-8-21-11-13(14)17(23)12-9-15(25-4)18(27-6)16(10-12)26-5/h7-11H,1-6H3,(H,21,22,24). The lowest BCUT2D eigenvalue weighted by Crippen LogP contribution is -2.28.